The van der Waals surface area contributed by atoms with Gasteiger partial charge in [-0.1, -0.05) is 6.07 Å². The maximum absolute atomic E-state index is 5.55. The van der Waals surface area contributed by atoms with Crippen LogP contribution in [0.25, 0.3) is 0 Å². The van der Waals surface area contributed by atoms with Crippen LogP contribution in [0, 0.1) is 0 Å². The van der Waals surface area contributed by atoms with Crippen molar-refractivity contribution >= 4 is 15.9 Å². The molecule has 0 amide bonds. The summed E-state index contributed by atoms with van der Waals surface area (Å²) < 4.78 is 11.7. The predicted molar refractivity (Wildman–Crippen MR) is 55.7 cm³/mol. The van der Waals surface area contributed by atoms with Gasteiger partial charge in [0.1, 0.15) is 4.60 Å². The lowest BCUT2D eigenvalue weighted by molar-refractivity contribution is -0.118. The van der Waals surface area contributed by atoms with Crippen LogP contribution in [-0.4, -0.2) is 17.9 Å². The van der Waals surface area contributed by atoms with E-state index in [1.165, 1.54) is 0 Å². The van der Waals surface area contributed by atoms with Gasteiger partial charge in [-0.2, -0.15) is 0 Å². The molecule has 1 unspecified atom stereocenters. The quantitative estimate of drug-likeness (QED) is 0.780. The molecule has 1 atom stereocenters. The molecule has 0 spiro atoms. The van der Waals surface area contributed by atoms with Crippen molar-refractivity contribution in [2.24, 2.45) is 0 Å². The highest BCUT2D eigenvalue weighted by Gasteiger charge is 2.15. The van der Waals surface area contributed by atoms with Crippen molar-refractivity contribution in [2.45, 2.75) is 25.7 Å². The summed E-state index contributed by atoms with van der Waals surface area (Å²) in [6.45, 7) is 1.40. The minimum Gasteiger partial charge on any atom is -0.353 e. The molecule has 1 aromatic heterocycles. The fourth-order valence-corrected chi connectivity index (χ4v) is 1.60. The molecule has 1 aliphatic rings. The molecule has 0 aliphatic carbocycles. The molecule has 0 aromatic carbocycles. The van der Waals surface area contributed by atoms with Crippen LogP contribution in [0.3, 0.4) is 0 Å². The Morgan fingerprint density at radius 1 is 1.57 bits per heavy atom. The van der Waals surface area contributed by atoms with Crippen molar-refractivity contribution in [1.82, 2.24) is 4.98 Å². The van der Waals surface area contributed by atoms with Crippen LogP contribution in [0.5, 0.6) is 0 Å². The Labute approximate surface area is 91.6 Å². The minimum atomic E-state index is -0.0151. The van der Waals surface area contributed by atoms with Gasteiger partial charge in [-0.05, 0) is 34.0 Å². The molecule has 76 valence electrons. The highest BCUT2D eigenvalue weighted by Crippen LogP contribution is 2.15. The topological polar surface area (TPSA) is 31.4 Å². The van der Waals surface area contributed by atoms with Crippen LogP contribution in [-0.2, 0) is 16.1 Å². The second-order valence-electron chi connectivity index (χ2n) is 3.24. The molecular weight excluding hydrogens is 246 g/mol. The standard InChI is InChI=1S/C10H12BrNO2/c11-9-4-3-8(6-12-9)7-14-10-2-1-5-13-10/h3-4,6,10H,1-2,5,7H2. The normalized spacial score (nSPS) is 21.4. The summed E-state index contributed by atoms with van der Waals surface area (Å²) in [6, 6.07) is 3.90. The van der Waals surface area contributed by atoms with E-state index in [9.17, 15) is 0 Å². The third-order valence-corrected chi connectivity index (χ3v) is 2.58. The fraction of sp³-hybridized carbons (Fsp3) is 0.500. The second-order valence-corrected chi connectivity index (χ2v) is 4.06. The van der Waals surface area contributed by atoms with Gasteiger partial charge in [-0.3, -0.25) is 0 Å². The van der Waals surface area contributed by atoms with Crippen LogP contribution in [0.1, 0.15) is 18.4 Å². The molecule has 4 heteroatoms. The number of aromatic nitrogens is 1. The lowest BCUT2D eigenvalue weighted by atomic mass is 10.3. The highest BCUT2D eigenvalue weighted by atomic mass is 79.9. The number of hydrogen-bond donors (Lipinski definition) is 0. The van der Waals surface area contributed by atoms with E-state index in [0.29, 0.717) is 6.61 Å². The van der Waals surface area contributed by atoms with Gasteiger partial charge in [0.15, 0.2) is 6.29 Å². The zero-order valence-electron chi connectivity index (χ0n) is 7.78. The zero-order chi connectivity index (χ0) is 9.80. The predicted octanol–water partition coefficient (Wildman–Crippen LogP) is 2.50. The maximum atomic E-state index is 5.55. The van der Waals surface area contributed by atoms with Crippen LogP contribution in [0.15, 0.2) is 22.9 Å². The Balaban J connectivity index is 1.82. The molecule has 0 radical (unpaired) electrons. The molecule has 0 saturated carbocycles. The molecule has 1 fully saturated rings. The van der Waals surface area contributed by atoms with Gasteiger partial charge in [0.25, 0.3) is 0 Å². The number of rotatable bonds is 3. The summed E-state index contributed by atoms with van der Waals surface area (Å²) in [7, 11) is 0. The van der Waals surface area contributed by atoms with Crippen LogP contribution < -0.4 is 0 Å². The molecule has 3 nitrogen and oxygen atoms in total. The summed E-state index contributed by atoms with van der Waals surface area (Å²) in [5.41, 5.74) is 1.07. The lowest BCUT2D eigenvalue weighted by Gasteiger charge is -2.10. The third-order valence-electron chi connectivity index (χ3n) is 2.11. The Bertz CT molecular complexity index is 283. The molecule has 1 aliphatic heterocycles. The van der Waals surface area contributed by atoms with Crippen molar-refractivity contribution in [3.05, 3.63) is 28.5 Å². The van der Waals surface area contributed by atoms with Gasteiger partial charge < -0.3 is 9.47 Å². The van der Waals surface area contributed by atoms with Crippen LogP contribution in [0.2, 0.25) is 0 Å². The first-order valence-corrected chi connectivity index (χ1v) is 5.47. The van der Waals surface area contributed by atoms with Crippen molar-refractivity contribution in [2.75, 3.05) is 6.61 Å². The lowest BCUT2D eigenvalue weighted by Crippen LogP contribution is -2.10. The van der Waals surface area contributed by atoms with E-state index in [0.717, 1.165) is 29.6 Å². The Morgan fingerprint density at radius 2 is 2.50 bits per heavy atom. The van der Waals surface area contributed by atoms with Crippen molar-refractivity contribution in [3.63, 3.8) is 0 Å². The van der Waals surface area contributed by atoms with Gasteiger partial charge in [0.2, 0.25) is 0 Å². The molecule has 14 heavy (non-hydrogen) atoms. The average Bonchev–Trinajstić information content (AvgIpc) is 2.70. The van der Waals surface area contributed by atoms with E-state index in [4.69, 9.17) is 9.47 Å². The van der Waals surface area contributed by atoms with E-state index in [1.54, 1.807) is 6.20 Å². The summed E-state index contributed by atoms with van der Waals surface area (Å²) in [6.07, 6.45) is 3.89. The summed E-state index contributed by atoms with van der Waals surface area (Å²) in [5, 5.41) is 0. The molecule has 0 N–H and O–H groups in total. The number of pyridine rings is 1. The van der Waals surface area contributed by atoms with Crippen LogP contribution >= 0.6 is 15.9 Å². The molecule has 2 heterocycles. The smallest absolute Gasteiger partial charge is 0.158 e. The van der Waals surface area contributed by atoms with Gasteiger partial charge in [0, 0.05) is 19.2 Å². The largest absolute Gasteiger partial charge is 0.353 e. The molecular formula is C10H12BrNO2. The minimum absolute atomic E-state index is 0.0151. The van der Waals surface area contributed by atoms with E-state index in [2.05, 4.69) is 20.9 Å². The Morgan fingerprint density at radius 3 is 3.14 bits per heavy atom. The van der Waals surface area contributed by atoms with Crippen molar-refractivity contribution < 1.29 is 9.47 Å². The fourth-order valence-electron chi connectivity index (χ4n) is 1.36. The Hall–Kier alpha value is -0.450. The highest BCUT2D eigenvalue weighted by molar-refractivity contribution is 9.10. The third kappa shape index (κ3) is 2.77. The first-order valence-electron chi connectivity index (χ1n) is 4.68. The summed E-state index contributed by atoms with van der Waals surface area (Å²) in [4.78, 5) is 4.12. The average molecular weight is 258 g/mol. The second kappa shape index (κ2) is 4.87. The monoisotopic (exact) mass is 257 g/mol. The molecule has 2 rings (SSSR count). The number of halogens is 1. The van der Waals surface area contributed by atoms with E-state index in [-0.39, 0.29) is 6.29 Å². The number of nitrogens with zero attached hydrogens (tertiary/aromatic N) is 1. The summed E-state index contributed by atoms with van der Waals surface area (Å²) >= 11 is 3.29. The van der Waals surface area contributed by atoms with Crippen molar-refractivity contribution in [3.8, 4) is 0 Å². The van der Waals surface area contributed by atoms with Crippen LogP contribution in [0.4, 0.5) is 0 Å². The van der Waals surface area contributed by atoms with E-state index >= 15 is 0 Å². The number of ether oxygens (including phenoxy) is 2. The SMILES string of the molecule is Brc1ccc(COC2CCCO2)cn1. The van der Waals surface area contributed by atoms with Gasteiger partial charge in [-0.15, -0.1) is 0 Å². The Kier molecular flexibility index (Phi) is 3.50. The van der Waals surface area contributed by atoms with Gasteiger partial charge in [0.05, 0.1) is 6.61 Å². The van der Waals surface area contributed by atoms with Gasteiger partial charge >= 0.3 is 0 Å². The molecule has 1 saturated heterocycles. The van der Waals surface area contributed by atoms with E-state index < -0.39 is 0 Å². The first kappa shape index (κ1) is 10.1. The number of hydrogen-bond acceptors (Lipinski definition) is 3. The van der Waals surface area contributed by atoms with Crippen molar-refractivity contribution in [1.29, 1.82) is 0 Å². The molecule has 0 bridgehead atoms. The first-order chi connectivity index (χ1) is 6.84. The molecule has 1 aromatic rings. The maximum Gasteiger partial charge on any atom is 0.158 e. The van der Waals surface area contributed by atoms with Gasteiger partial charge in [-0.25, -0.2) is 4.98 Å². The zero-order valence-corrected chi connectivity index (χ0v) is 9.37. The summed E-state index contributed by atoms with van der Waals surface area (Å²) in [5.74, 6) is 0. The van der Waals surface area contributed by atoms with E-state index in [1.807, 2.05) is 12.1 Å².